The number of hydrogen-bond acceptors (Lipinski definition) is 6. The second kappa shape index (κ2) is 9.93. The Morgan fingerprint density at radius 2 is 1.80 bits per heavy atom. The smallest absolute Gasteiger partial charge is 0.344 e. The topological polar surface area (TPSA) is 111 Å². The van der Waals surface area contributed by atoms with Gasteiger partial charge in [-0.3, -0.25) is 24.7 Å². The van der Waals surface area contributed by atoms with Crippen LogP contribution in [0.2, 0.25) is 5.02 Å². The fraction of sp³-hybridized carbons (Fsp3) is 0.333. The maximum atomic E-state index is 13.1. The highest BCUT2D eigenvalue weighted by Crippen LogP contribution is 2.30. The van der Waals surface area contributed by atoms with Gasteiger partial charge in [-0.05, 0) is 42.8 Å². The lowest BCUT2D eigenvalue weighted by Crippen LogP contribution is -2.54. The van der Waals surface area contributed by atoms with Gasteiger partial charge in [0.1, 0.15) is 11.3 Å². The van der Waals surface area contributed by atoms with Crippen LogP contribution in [0.3, 0.4) is 0 Å². The van der Waals surface area contributed by atoms with Crippen molar-refractivity contribution < 1.29 is 23.9 Å². The predicted octanol–water partition coefficient (Wildman–Crippen LogP) is 1.60. The molecular formula is C24H26ClN5O5. The fourth-order valence-electron chi connectivity index (χ4n) is 4.15. The first-order valence-corrected chi connectivity index (χ1v) is 11.5. The van der Waals surface area contributed by atoms with Crippen LogP contribution >= 0.6 is 11.6 Å². The number of piperazine rings is 1. The van der Waals surface area contributed by atoms with Crippen LogP contribution in [0.25, 0.3) is 0 Å². The van der Waals surface area contributed by atoms with Gasteiger partial charge in [0.15, 0.2) is 0 Å². The summed E-state index contributed by atoms with van der Waals surface area (Å²) >= 11 is 5.98. The van der Waals surface area contributed by atoms with Crippen LogP contribution in [0.15, 0.2) is 48.5 Å². The van der Waals surface area contributed by atoms with Gasteiger partial charge in [0.2, 0.25) is 0 Å². The molecule has 2 aromatic carbocycles. The molecule has 2 aromatic rings. The average Bonchev–Trinajstić information content (AvgIpc) is 3.08. The summed E-state index contributed by atoms with van der Waals surface area (Å²) in [5, 5.41) is 3.85. The van der Waals surface area contributed by atoms with Gasteiger partial charge in [-0.25, -0.2) is 4.79 Å². The lowest BCUT2D eigenvalue weighted by molar-refractivity contribution is -0.139. The highest BCUT2D eigenvalue weighted by Gasteiger charge is 2.50. The first kappa shape index (κ1) is 24.5. The lowest BCUT2D eigenvalue weighted by Gasteiger charge is -2.34. The number of benzene rings is 2. The quantitative estimate of drug-likeness (QED) is 0.584. The van der Waals surface area contributed by atoms with Crippen molar-refractivity contribution in [3.05, 3.63) is 64.7 Å². The van der Waals surface area contributed by atoms with Gasteiger partial charge in [-0.15, -0.1) is 0 Å². The van der Waals surface area contributed by atoms with Crippen molar-refractivity contribution in [3.63, 3.8) is 0 Å². The number of carbonyl (C=O) groups excluding carboxylic acids is 4. The summed E-state index contributed by atoms with van der Waals surface area (Å²) in [4.78, 5) is 54.5. The van der Waals surface area contributed by atoms with Crippen LogP contribution in [0.5, 0.6) is 5.75 Å². The van der Waals surface area contributed by atoms with Crippen molar-refractivity contribution in [2.24, 2.45) is 0 Å². The summed E-state index contributed by atoms with van der Waals surface area (Å²) in [6.45, 7) is 3.38. The highest BCUT2D eigenvalue weighted by atomic mass is 35.5. The summed E-state index contributed by atoms with van der Waals surface area (Å²) in [5.41, 5.74) is 2.12. The van der Waals surface area contributed by atoms with Crippen molar-refractivity contribution in [2.75, 3.05) is 39.8 Å². The first-order valence-electron chi connectivity index (χ1n) is 11.1. The molecule has 2 N–H and O–H groups in total. The molecule has 1 atom stereocenters. The van der Waals surface area contributed by atoms with Crippen LogP contribution in [0.1, 0.15) is 22.8 Å². The van der Waals surface area contributed by atoms with Crippen LogP contribution < -0.4 is 15.5 Å². The minimum absolute atomic E-state index is 0.0217. The zero-order valence-corrected chi connectivity index (χ0v) is 20.2. The number of nitrogens with one attached hydrogen (secondary N) is 2. The molecule has 2 saturated heterocycles. The third-order valence-electron chi connectivity index (χ3n) is 6.17. The summed E-state index contributed by atoms with van der Waals surface area (Å²) in [6.07, 6.45) is 0. The Morgan fingerprint density at radius 3 is 2.49 bits per heavy atom. The summed E-state index contributed by atoms with van der Waals surface area (Å²) < 4.78 is 5.21. The van der Waals surface area contributed by atoms with Crippen molar-refractivity contribution in [1.29, 1.82) is 0 Å². The molecule has 184 valence electrons. The summed E-state index contributed by atoms with van der Waals surface area (Å²) in [6, 6.07) is 12.9. The lowest BCUT2D eigenvalue weighted by atomic mass is 9.92. The van der Waals surface area contributed by atoms with E-state index in [4.69, 9.17) is 16.3 Å². The third kappa shape index (κ3) is 5.08. The molecule has 10 nitrogen and oxygen atoms in total. The molecule has 5 amide bonds. The van der Waals surface area contributed by atoms with E-state index in [1.807, 2.05) is 4.90 Å². The van der Waals surface area contributed by atoms with E-state index < -0.39 is 23.4 Å². The third-order valence-corrected chi connectivity index (χ3v) is 6.41. The fourth-order valence-corrected chi connectivity index (χ4v) is 4.34. The zero-order chi connectivity index (χ0) is 25.2. The van der Waals surface area contributed by atoms with Crippen LogP contribution in [-0.4, -0.2) is 78.4 Å². The first-order chi connectivity index (χ1) is 16.7. The molecule has 0 bridgehead atoms. The molecule has 0 spiro atoms. The molecule has 0 saturated carbocycles. The number of nitrogens with zero attached hydrogens (tertiary/aromatic N) is 3. The second-order valence-electron chi connectivity index (χ2n) is 8.54. The molecule has 0 aromatic heterocycles. The number of hydrazine groups is 1. The van der Waals surface area contributed by atoms with E-state index in [0.717, 1.165) is 0 Å². The minimum atomic E-state index is -1.34. The Kier molecular flexibility index (Phi) is 6.95. The second-order valence-corrected chi connectivity index (χ2v) is 8.98. The van der Waals surface area contributed by atoms with Crippen LogP contribution in [0, 0.1) is 0 Å². The van der Waals surface area contributed by atoms with E-state index in [9.17, 15) is 19.2 Å². The Bertz CT molecular complexity index is 1170. The van der Waals surface area contributed by atoms with E-state index >= 15 is 0 Å². The monoisotopic (exact) mass is 499 g/mol. The molecule has 35 heavy (non-hydrogen) atoms. The van der Waals surface area contributed by atoms with Crippen molar-refractivity contribution >= 4 is 35.4 Å². The normalized spacial score (nSPS) is 20.5. The summed E-state index contributed by atoms with van der Waals surface area (Å²) in [7, 11) is 1.51. The molecule has 0 aliphatic carbocycles. The van der Waals surface area contributed by atoms with Gasteiger partial charge in [0.25, 0.3) is 17.7 Å². The SMILES string of the molecule is COc1cccc(C2(C)NC(=O)N(NC(=O)CN3CCN(C(=O)c4cccc(Cl)c4)CC3)C2=O)c1. The molecule has 1 unspecified atom stereocenters. The van der Waals surface area contributed by atoms with Crippen molar-refractivity contribution in [3.8, 4) is 5.75 Å². The maximum absolute atomic E-state index is 13.1. The largest absolute Gasteiger partial charge is 0.497 e. The van der Waals surface area contributed by atoms with E-state index in [-0.39, 0.29) is 12.5 Å². The van der Waals surface area contributed by atoms with Crippen LogP contribution in [-0.2, 0) is 15.1 Å². The Balaban J connectivity index is 1.32. The molecular weight excluding hydrogens is 474 g/mol. The minimum Gasteiger partial charge on any atom is -0.497 e. The standard InChI is InChI=1S/C24H26ClN5O5/c1-24(17-6-4-8-19(14-17)35-2)22(33)30(23(34)26-24)27-20(31)15-28-9-11-29(12-10-28)21(32)16-5-3-7-18(25)13-16/h3-8,13-14H,9-12,15H2,1-2H3,(H,26,34)(H,27,31). The van der Waals surface area contributed by atoms with Gasteiger partial charge in [-0.2, -0.15) is 5.01 Å². The zero-order valence-electron chi connectivity index (χ0n) is 19.4. The Morgan fingerprint density at radius 1 is 1.09 bits per heavy atom. The molecule has 2 aliphatic rings. The number of amides is 5. The molecule has 0 radical (unpaired) electrons. The number of carbonyl (C=O) groups is 4. The van der Waals surface area contributed by atoms with E-state index in [1.165, 1.54) is 7.11 Å². The number of rotatable bonds is 6. The number of ether oxygens (including phenoxy) is 1. The molecule has 2 aliphatic heterocycles. The number of imide groups is 1. The number of halogens is 1. The molecule has 2 fully saturated rings. The van der Waals surface area contributed by atoms with Crippen LogP contribution in [0.4, 0.5) is 4.79 Å². The maximum Gasteiger partial charge on any atom is 0.344 e. The van der Waals surface area contributed by atoms with Crippen molar-refractivity contribution in [2.45, 2.75) is 12.5 Å². The average molecular weight is 500 g/mol. The van der Waals surface area contributed by atoms with E-state index in [2.05, 4.69) is 10.7 Å². The van der Waals surface area contributed by atoms with Gasteiger partial charge in [0.05, 0.1) is 13.7 Å². The molecule has 2 heterocycles. The number of urea groups is 1. The van der Waals surface area contributed by atoms with Crippen molar-refractivity contribution in [1.82, 2.24) is 25.6 Å². The van der Waals surface area contributed by atoms with E-state index in [0.29, 0.717) is 53.1 Å². The molecule has 4 rings (SSSR count). The van der Waals surface area contributed by atoms with Gasteiger partial charge in [-0.1, -0.05) is 29.8 Å². The Labute approximate surface area is 207 Å². The molecule has 11 heteroatoms. The van der Waals surface area contributed by atoms with Gasteiger partial charge < -0.3 is 15.0 Å². The predicted molar refractivity (Wildman–Crippen MR) is 128 cm³/mol. The number of methoxy groups -OCH3 is 1. The summed E-state index contributed by atoms with van der Waals surface area (Å²) in [5.74, 6) is -0.673. The highest BCUT2D eigenvalue weighted by molar-refractivity contribution is 6.31. The van der Waals surface area contributed by atoms with Gasteiger partial charge in [0, 0.05) is 36.8 Å². The van der Waals surface area contributed by atoms with E-state index in [1.54, 1.807) is 60.4 Å². The van der Waals surface area contributed by atoms with Gasteiger partial charge >= 0.3 is 6.03 Å². The Hall–Kier alpha value is -3.63. The number of hydrogen-bond donors (Lipinski definition) is 2.